The minimum Gasteiger partial charge on any atom is -0.342 e. The average Bonchev–Trinajstić information content (AvgIpc) is 2.26. The Bertz CT molecular complexity index is 434. The predicted molar refractivity (Wildman–Crippen MR) is 55.7 cm³/mol. The maximum Gasteiger partial charge on any atom is 0.304 e. The molecule has 5 nitrogen and oxygen atoms in total. The maximum atomic E-state index is 13.2. The molecule has 1 rings (SSSR count). The predicted octanol–water partition coefficient (Wildman–Crippen LogP) is 1.83. The molecule has 0 saturated carbocycles. The second-order valence-corrected chi connectivity index (χ2v) is 3.24. The van der Waals surface area contributed by atoms with Gasteiger partial charge in [0.25, 0.3) is 5.91 Å². The van der Waals surface area contributed by atoms with Crippen molar-refractivity contribution in [3.63, 3.8) is 0 Å². The molecule has 0 aliphatic rings. The Balaban J connectivity index is 3.06. The first-order valence-electron chi connectivity index (χ1n) is 4.66. The Morgan fingerprint density at radius 1 is 1.56 bits per heavy atom. The van der Waals surface area contributed by atoms with Gasteiger partial charge >= 0.3 is 5.69 Å². The second kappa shape index (κ2) is 4.69. The van der Waals surface area contributed by atoms with Crippen molar-refractivity contribution in [1.29, 1.82) is 0 Å². The van der Waals surface area contributed by atoms with Crippen LogP contribution in [0.25, 0.3) is 0 Å². The highest BCUT2D eigenvalue weighted by molar-refractivity contribution is 5.94. The lowest BCUT2D eigenvalue weighted by Gasteiger charge is -2.14. The van der Waals surface area contributed by atoms with Gasteiger partial charge in [-0.05, 0) is 19.1 Å². The number of nitro benzene ring substituents is 1. The van der Waals surface area contributed by atoms with Crippen molar-refractivity contribution in [1.82, 2.24) is 4.90 Å². The van der Waals surface area contributed by atoms with Gasteiger partial charge in [0.15, 0.2) is 0 Å². The highest BCUT2D eigenvalue weighted by Gasteiger charge is 2.17. The molecule has 0 saturated heterocycles. The smallest absolute Gasteiger partial charge is 0.304 e. The summed E-state index contributed by atoms with van der Waals surface area (Å²) < 4.78 is 13.2. The van der Waals surface area contributed by atoms with Crippen molar-refractivity contribution in [2.24, 2.45) is 0 Å². The topological polar surface area (TPSA) is 63.5 Å². The van der Waals surface area contributed by atoms with Crippen LogP contribution in [0.5, 0.6) is 0 Å². The summed E-state index contributed by atoms with van der Waals surface area (Å²) in [5.41, 5.74) is -0.525. The maximum absolute atomic E-state index is 13.2. The minimum atomic E-state index is -1.000. The Morgan fingerprint density at radius 3 is 2.62 bits per heavy atom. The summed E-state index contributed by atoms with van der Waals surface area (Å²) in [4.78, 5) is 22.5. The van der Waals surface area contributed by atoms with Crippen LogP contribution in [0.1, 0.15) is 17.3 Å². The van der Waals surface area contributed by atoms with Crippen molar-refractivity contribution >= 4 is 11.6 Å². The zero-order valence-corrected chi connectivity index (χ0v) is 8.94. The highest BCUT2D eigenvalue weighted by atomic mass is 19.1. The van der Waals surface area contributed by atoms with Crippen LogP contribution in [0.15, 0.2) is 18.2 Å². The normalized spacial score (nSPS) is 9.94. The van der Waals surface area contributed by atoms with Gasteiger partial charge in [-0.15, -0.1) is 0 Å². The molecule has 0 spiro atoms. The van der Waals surface area contributed by atoms with Gasteiger partial charge in [0, 0.05) is 25.2 Å². The lowest BCUT2D eigenvalue weighted by molar-refractivity contribution is -0.387. The van der Waals surface area contributed by atoms with Gasteiger partial charge in [-0.25, -0.2) is 0 Å². The SMILES string of the molecule is CCN(C)C(=O)c1ccc([N+](=O)[O-])c(F)c1. The van der Waals surface area contributed by atoms with E-state index in [1.807, 2.05) is 0 Å². The largest absolute Gasteiger partial charge is 0.342 e. The molecule has 1 aromatic carbocycles. The van der Waals surface area contributed by atoms with Crippen LogP contribution < -0.4 is 0 Å². The molecule has 0 atom stereocenters. The van der Waals surface area contributed by atoms with Crippen molar-refractivity contribution < 1.29 is 14.1 Å². The molecule has 0 unspecified atom stereocenters. The van der Waals surface area contributed by atoms with E-state index in [1.54, 1.807) is 14.0 Å². The van der Waals surface area contributed by atoms with E-state index in [2.05, 4.69) is 0 Å². The second-order valence-electron chi connectivity index (χ2n) is 3.24. The van der Waals surface area contributed by atoms with E-state index >= 15 is 0 Å². The zero-order chi connectivity index (χ0) is 12.3. The molecule has 0 fully saturated rings. The summed E-state index contributed by atoms with van der Waals surface area (Å²) in [6.07, 6.45) is 0. The van der Waals surface area contributed by atoms with Gasteiger partial charge in [-0.3, -0.25) is 14.9 Å². The summed E-state index contributed by atoms with van der Waals surface area (Å²) in [5, 5.41) is 10.4. The molecule has 86 valence electrons. The third-order valence-electron chi connectivity index (χ3n) is 2.21. The number of nitrogens with zero attached hydrogens (tertiary/aromatic N) is 2. The van der Waals surface area contributed by atoms with E-state index in [-0.39, 0.29) is 11.5 Å². The fourth-order valence-corrected chi connectivity index (χ4v) is 1.15. The average molecular weight is 226 g/mol. The van der Waals surface area contributed by atoms with Crippen molar-refractivity contribution in [2.75, 3.05) is 13.6 Å². The fourth-order valence-electron chi connectivity index (χ4n) is 1.15. The summed E-state index contributed by atoms with van der Waals surface area (Å²) >= 11 is 0. The Kier molecular flexibility index (Phi) is 3.55. The summed E-state index contributed by atoms with van der Waals surface area (Å²) in [5.74, 6) is -1.36. The van der Waals surface area contributed by atoms with Gasteiger partial charge in [0.05, 0.1) is 4.92 Å². The van der Waals surface area contributed by atoms with Gasteiger partial charge in [-0.1, -0.05) is 0 Å². The van der Waals surface area contributed by atoms with Gasteiger partial charge < -0.3 is 4.90 Å². The third-order valence-corrected chi connectivity index (χ3v) is 2.21. The molecule has 0 bridgehead atoms. The van der Waals surface area contributed by atoms with Crippen LogP contribution in [0.2, 0.25) is 0 Å². The van der Waals surface area contributed by atoms with Gasteiger partial charge in [-0.2, -0.15) is 4.39 Å². The molecule has 6 heteroatoms. The quantitative estimate of drug-likeness (QED) is 0.583. The van der Waals surface area contributed by atoms with Crippen LogP contribution in [0.4, 0.5) is 10.1 Å². The molecular formula is C10H11FN2O3. The monoisotopic (exact) mass is 226 g/mol. The number of carbonyl (C=O) groups excluding carboxylic acids is 1. The lowest BCUT2D eigenvalue weighted by atomic mass is 10.2. The molecule has 0 aliphatic heterocycles. The molecule has 0 heterocycles. The molecule has 1 aromatic rings. The summed E-state index contributed by atoms with van der Waals surface area (Å²) in [6.45, 7) is 2.26. The standard InChI is InChI=1S/C10H11FN2O3/c1-3-12(2)10(14)7-4-5-9(13(15)16)8(11)6-7/h4-6H,3H2,1-2H3. The first kappa shape index (κ1) is 12.1. The van der Waals surface area contributed by atoms with Crippen LogP contribution in [-0.2, 0) is 0 Å². The molecular weight excluding hydrogens is 215 g/mol. The van der Waals surface area contributed by atoms with E-state index in [4.69, 9.17) is 0 Å². The van der Waals surface area contributed by atoms with Crippen molar-refractivity contribution in [3.05, 3.63) is 39.7 Å². The van der Waals surface area contributed by atoms with E-state index in [0.29, 0.717) is 6.54 Å². The number of benzene rings is 1. The van der Waals surface area contributed by atoms with E-state index in [9.17, 15) is 19.3 Å². The molecule has 0 N–H and O–H groups in total. The van der Waals surface area contributed by atoms with Crippen LogP contribution in [0, 0.1) is 15.9 Å². The number of carbonyl (C=O) groups is 1. The first-order chi connectivity index (χ1) is 7.47. The number of hydrogen-bond acceptors (Lipinski definition) is 3. The Labute approximate surface area is 91.6 Å². The molecule has 1 amide bonds. The van der Waals surface area contributed by atoms with Gasteiger partial charge in [0.1, 0.15) is 0 Å². The van der Waals surface area contributed by atoms with E-state index < -0.39 is 16.4 Å². The molecule has 0 aromatic heterocycles. The first-order valence-corrected chi connectivity index (χ1v) is 4.66. The minimum absolute atomic E-state index is 0.104. The number of nitro groups is 1. The van der Waals surface area contributed by atoms with Crippen LogP contribution in [-0.4, -0.2) is 29.3 Å². The van der Waals surface area contributed by atoms with Crippen LogP contribution >= 0.6 is 0 Å². The van der Waals surface area contributed by atoms with Crippen molar-refractivity contribution in [2.45, 2.75) is 6.92 Å². The summed E-state index contributed by atoms with van der Waals surface area (Å²) in [7, 11) is 1.57. The third kappa shape index (κ3) is 2.33. The van der Waals surface area contributed by atoms with Crippen LogP contribution in [0.3, 0.4) is 0 Å². The Hall–Kier alpha value is -1.98. The fraction of sp³-hybridized carbons (Fsp3) is 0.300. The Morgan fingerprint density at radius 2 is 2.19 bits per heavy atom. The number of amides is 1. The zero-order valence-electron chi connectivity index (χ0n) is 8.94. The highest BCUT2D eigenvalue weighted by Crippen LogP contribution is 2.18. The number of rotatable bonds is 3. The van der Waals surface area contributed by atoms with E-state index in [0.717, 1.165) is 12.1 Å². The molecule has 0 radical (unpaired) electrons. The molecule has 16 heavy (non-hydrogen) atoms. The lowest BCUT2D eigenvalue weighted by Crippen LogP contribution is -2.26. The van der Waals surface area contributed by atoms with Gasteiger partial charge in [0.2, 0.25) is 5.82 Å². The van der Waals surface area contributed by atoms with E-state index in [1.165, 1.54) is 11.0 Å². The molecule has 0 aliphatic carbocycles. The summed E-state index contributed by atoms with van der Waals surface area (Å²) in [6, 6.07) is 3.12. The van der Waals surface area contributed by atoms with Crippen molar-refractivity contribution in [3.8, 4) is 0 Å². The number of hydrogen-bond donors (Lipinski definition) is 0. The number of halogens is 1.